The molecule has 184 valence electrons. The highest BCUT2D eigenvalue weighted by molar-refractivity contribution is 5.96. The van der Waals surface area contributed by atoms with Gasteiger partial charge in [-0.25, -0.2) is 4.79 Å². The fourth-order valence-corrected chi connectivity index (χ4v) is 3.57. The van der Waals surface area contributed by atoms with Crippen molar-refractivity contribution in [3.63, 3.8) is 0 Å². The maximum Gasteiger partial charge on any atom is 0.573 e. The van der Waals surface area contributed by atoms with Gasteiger partial charge in [0.1, 0.15) is 23.7 Å². The van der Waals surface area contributed by atoms with Crippen LogP contribution in [0.1, 0.15) is 39.2 Å². The van der Waals surface area contributed by atoms with E-state index in [0.717, 1.165) is 6.42 Å². The molecule has 1 atom stereocenters. The number of alkyl halides is 3. The van der Waals surface area contributed by atoms with Crippen molar-refractivity contribution in [3.8, 4) is 22.6 Å². The number of phenolic OH excluding ortho intramolecular Hbond substituents is 1. The Bertz CT molecular complexity index is 1030. The van der Waals surface area contributed by atoms with Crippen molar-refractivity contribution in [1.82, 2.24) is 4.90 Å². The van der Waals surface area contributed by atoms with Crippen LogP contribution in [0.5, 0.6) is 11.5 Å². The van der Waals surface area contributed by atoms with E-state index in [1.165, 1.54) is 36.4 Å². The molecule has 2 aromatic carbocycles. The summed E-state index contributed by atoms with van der Waals surface area (Å²) in [7, 11) is 0. The van der Waals surface area contributed by atoms with E-state index in [2.05, 4.69) is 4.74 Å². The zero-order valence-corrected chi connectivity index (χ0v) is 19.1. The van der Waals surface area contributed by atoms with Gasteiger partial charge in [-0.3, -0.25) is 5.41 Å². The van der Waals surface area contributed by atoms with Crippen molar-refractivity contribution < 1.29 is 37.3 Å². The predicted octanol–water partition coefficient (Wildman–Crippen LogP) is 5.70. The van der Waals surface area contributed by atoms with Crippen molar-refractivity contribution in [2.75, 3.05) is 13.2 Å². The molecule has 0 unspecified atom stereocenters. The van der Waals surface area contributed by atoms with E-state index in [9.17, 15) is 23.1 Å². The summed E-state index contributed by atoms with van der Waals surface area (Å²) in [6.07, 6.45) is -3.73. The number of ether oxygens (including phenoxy) is 3. The van der Waals surface area contributed by atoms with E-state index in [1.54, 1.807) is 31.7 Å². The SMILES string of the molecule is CC(C)(C)OC(=O)N1CCC[C@H]1COC(=N)c1cc(-c2ccc(OC(F)(F)F)cc2)ccc1O. The van der Waals surface area contributed by atoms with Gasteiger partial charge in [-0.1, -0.05) is 18.2 Å². The summed E-state index contributed by atoms with van der Waals surface area (Å²) in [6, 6.07) is 9.46. The number of likely N-dealkylation sites (tertiary alicyclic amines) is 1. The second-order valence-corrected chi connectivity index (χ2v) is 8.91. The molecule has 7 nitrogen and oxygen atoms in total. The summed E-state index contributed by atoms with van der Waals surface area (Å²) in [5, 5.41) is 18.5. The summed E-state index contributed by atoms with van der Waals surface area (Å²) in [4.78, 5) is 14.0. The molecule has 1 aliphatic heterocycles. The largest absolute Gasteiger partial charge is 0.573 e. The zero-order chi connectivity index (χ0) is 25.1. The third-order valence-corrected chi connectivity index (χ3v) is 5.09. The van der Waals surface area contributed by atoms with Gasteiger partial charge in [0, 0.05) is 6.54 Å². The highest BCUT2D eigenvalue weighted by Gasteiger charge is 2.33. The number of halogens is 3. The van der Waals surface area contributed by atoms with Crippen LogP contribution >= 0.6 is 0 Å². The first-order valence-electron chi connectivity index (χ1n) is 10.7. The van der Waals surface area contributed by atoms with Gasteiger partial charge in [0.25, 0.3) is 0 Å². The molecule has 0 aliphatic carbocycles. The Kier molecular flexibility index (Phi) is 7.28. The van der Waals surface area contributed by atoms with E-state index in [0.29, 0.717) is 24.1 Å². The van der Waals surface area contributed by atoms with Crippen LogP contribution in [0.3, 0.4) is 0 Å². The molecule has 1 amide bonds. The number of nitrogens with one attached hydrogen (secondary N) is 1. The van der Waals surface area contributed by atoms with Crippen molar-refractivity contribution in [2.45, 2.75) is 51.6 Å². The third kappa shape index (κ3) is 6.79. The monoisotopic (exact) mass is 480 g/mol. The zero-order valence-electron chi connectivity index (χ0n) is 19.1. The lowest BCUT2D eigenvalue weighted by Gasteiger charge is -2.28. The summed E-state index contributed by atoms with van der Waals surface area (Å²) in [5.41, 5.74) is 0.627. The first-order chi connectivity index (χ1) is 15.8. The van der Waals surface area contributed by atoms with Crippen molar-refractivity contribution in [2.24, 2.45) is 0 Å². The first kappa shape index (κ1) is 25.2. The number of amides is 1. The molecule has 2 aromatic rings. The number of rotatable bonds is 5. The van der Waals surface area contributed by atoms with E-state index in [4.69, 9.17) is 14.9 Å². The Morgan fingerprint density at radius 2 is 1.76 bits per heavy atom. The van der Waals surface area contributed by atoms with Crippen molar-refractivity contribution >= 4 is 12.0 Å². The molecule has 34 heavy (non-hydrogen) atoms. The maximum atomic E-state index is 12.4. The van der Waals surface area contributed by atoms with Gasteiger partial charge in [-0.05, 0) is 69.0 Å². The fourth-order valence-electron chi connectivity index (χ4n) is 3.57. The molecule has 1 fully saturated rings. The highest BCUT2D eigenvalue weighted by Crippen LogP contribution is 2.30. The Balaban J connectivity index is 1.67. The number of hydrogen-bond acceptors (Lipinski definition) is 6. The molecular formula is C24H27F3N2O5. The van der Waals surface area contributed by atoms with Gasteiger partial charge in [0.2, 0.25) is 5.90 Å². The number of aromatic hydroxyl groups is 1. The van der Waals surface area contributed by atoms with Crippen LogP contribution in [-0.2, 0) is 9.47 Å². The molecule has 0 saturated carbocycles. The van der Waals surface area contributed by atoms with Gasteiger partial charge in [0.05, 0.1) is 11.6 Å². The average molecular weight is 480 g/mol. The number of carbonyl (C=O) groups excluding carboxylic acids is 1. The molecule has 1 aliphatic rings. The van der Waals surface area contributed by atoms with E-state index < -0.39 is 18.1 Å². The molecule has 2 N–H and O–H groups in total. The number of benzene rings is 2. The van der Waals surface area contributed by atoms with Gasteiger partial charge < -0.3 is 24.2 Å². The molecule has 0 spiro atoms. The average Bonchev–Trinajstić information content (AvgIpc) is 3.19. The normalized spacial score (nSPS) is 16.3. The van der Waals surface area contributed by atoms with E-state index >= 15 is 0 Å². The van der Waals surface area contributed by atoms with Gasteiger partial charge in [-0.2, -0.15) is 0 Å². The lowest BCUT2D eigenvalue weighted by molar-refractivity contribution is -0.274. The van der Waals surface area contributed by atoms with E-state index in [-0.39, 0.29) is 35.6 Å². The van der Waals surface area contributed by atoms with Crippen LogP contribution < -0.4 is 4.74 Å². The Hall–Kier alpha value is -3.43. The number of carbonyl (C=O) groups is 1. The molecule has 0 bridgehead atoms. The van der Waals surface area contributed by atoms with Gasteiger partial charge >= 0.3 is 12.5 Å². The highest BCUT2D eigenvalue weighted by atomic mass is 19.4. The minimum absolute atomic E-state index is 0.0607. The second kappa shape index (κ2) is 9.82. The van der Waals surface area contributed by atoms with Crippen LogP contribution in [0, 0.1) is 5.41 Å². The summed E-state index contributed by atoms with van der Waals surface area (Å²) >= 11 is 0. The van der Waals surface area contributed by atoms with Crippen molar-refractivity contribution in [1.29, 1.82) is 5.41 Å². The number of nitrogens with zero attached hydrogens (tertiary/aromatic N) is 1. The molecule has 1 saturated heterocycles. The number of hydrogen-bond donors (Lipinski definition) is 2. The molecule has 10 heteroatoms. The molecule has 0 aromatic heterocycles. The van der Waals surface area contributed by atoms with Crippen LogP contribution in [0.15, 0.2) is 42.5 Å². The smallest absolute Gasteiger partial charge is 0.507 e. The summed E-state index contributed by atoms with van der Waals surface area (Å²) < 4.78 is 52.0. The minimum Gasteiger partial charge on any atom is -0.507 e. The summed E-state index contributed by atoms with van der Waals surface area (Å²) in [5.74, 6) is -0.814. The van der Waals surface area contributed by atoms with Crippen LogP contribution in [-0.4, -0.2) is 53.2 Å². The molecule has 3 rings (SSSR count). The fraction of sp³-hybridized carbons (Fsp3) is 0.417. The Labute approximate surface area is 195 Å². The quantitative estimate of drug-likeness (QED) is 0.423. The molecule has 1 heterocycles. The van der Waals surface area contributed by atoms with Crippen LogP contribution in [0.25, 0.3) is 11.1 Å². The molecule has 0 radical (unpaired) electrons. The predicted molar refractivity (Wildman–Crippen MR) is 119 cm³/mol. The first-order valence-corrected chi connectivity index (χ1v) is 10.7. The Morgan fingerprint density at radius 3 is 2.38 bits per heavy atom. The minimum atomic E-state index is -4.78. The van der Waals surface area contributed by atoms with Crippen LogP contribution in [0.4, 0.5) is 18.0 Å². The number of phenols is 1. The maximum absolute atomic E-state index is 12.4. The lowest BCUT2D eigenvalue weighted by atomic mass is 10.0. The van der Waals surface area contributed by atoms with Crippen LogP contribution in [0.2, 0.25) is 0 Å². The standard InChI is InChI=1S/C24H27F3N2O5/c1-23(2,3)34-22(31)29-12-4-5-17(29)14-32-21(28)19-13-16(8-11-20(19)30)15-6-9-18(10-7-15)33-24(25,26)27/h6-11,13,17,28,30H,4-5,12,14H2,1-3H3/t17-/m0/s1. The molecular weight excluding hydrogens is 453 g/mol. The van der Waals surface area contributed by atoms with E-state index in [1.807, 2.05) is 0 Å². The summed E-state index contributed by atoms with van der Waals surface area (Å²) in [6.45, 7) is 5.95. The third-order valence-electron chi connectivity index (χ3n) is 5.09. The van der Waals surface area contributed by atoms with Crippen molar-refractivity contribution in [3.05, 3.63) is 48.0 Å². The van der Waals surface area contributed by atoms with Gasteiger partial charge in [0.15, 0.2) is 0 Å². The lowest BCUT2D eigenvalue weighted by Crippen LogP contribution is -2.42. The topological polar surface area (TPSA) is 92.1 Å². The second-order valence-electron chi connectivity index (χ2n) is 8.91. The Morgan fingerprint density at radius 1 is 1.12 bits per heavy atom. The van der Waals surface area contributed by atoms with Gasteiger partial charge in [-0.15, -0.1) is 13.2 Å².